The smallest absolute Gasteiger partial charge is 0.303 e. The van der Waals surface area contributed by atoms with E-state index in [1.807, 2.05) is 0 Å². The number of likely N-dealkylation sites (tertiary alicyclic amines) is 1. The van der Waals surface area contributed by atoms with E-state index in [4.69, 9.17) is 5.11 Å². The SMILES string of the molecule is CC(NS(=O)(=O)c1cccs1)C(=O)N1CCCC(CCC(=O)O)C1. The molecule has 1 fully saturated rings. The molecule has 2 atom stereocenters. The molecule has 2 rings (SSSR count). The van der Waals surface area contributed by atoms with Gasteiger partial charge in [-0.15, -0.1) is 11.3 Å². The molecule has 9 heteroatoms. The number of hydrogen-bond donors (Lipinski definition) is 2. The van der Waals surface area contributed by atoms with Gasteiger partial charge in [0, 0.05) is 19.5 Å². The van der Waals surface area contributed by atoms with E-state index < -0.39 is 22.0 Å². The van der Waals surface area contributed by atoms with Crippen LogP contribution in [0.4, 0.5) is 0 Å². The molecule has 0 bridgehead atoms. The Morgan fingerprint density at radius 1 is 1.50 bits per heavy atom. The van der Waals surface area contributed by atoms with Crippen LogP contribution in [-0.4, -0.2) is 49.4 Å². The number of carbonyl (C=O) groups excluding carboxylic acids is 1. The molecule has 2 N–H and O–H groups in total. The van der Waals surface area contributed by atoms with Gasteiger partial charge < -0.3 is 10.0 Å². The number of rotatable bonds is 7. The standard InChI is InChI=1S/C15H22N2O5S2/c1-11(16-24(21,22)14-5-3-9-23-14)15(20)17-8-2-4-12(10-17)6-7-13(18)19/h3,5,9,11-12,16H,2,4,6-8,10H2,1H3,(H,18,19). The van der Waals surface area contributed by atoms with Gasteiger partial charge in [-0.2, -0.15) is 4.72 Å². The van der Waals surface area contributed by atoms with Gasteiger partial charge in [-0.25, -0.2) is 8.42 Å². The van der Waals surface area contributed by atoms with Crippen LogP contribution in [0.5, 0.6) is 0 Å². The van der Waals surface area contributed by atoms with Crippen molar-refractivity contribution in [3.63, 3.8) is 0 Å². The third-order valence-electron chi connectivity index (χ3n) is 4.06. The van der Waals surface area contributed by atoms with Crippen molar-refractivity contribution in [3.8, 4) is 0 Å². The van der Waals surface area contributed by atoms with E-state index >= 15 is 0 Å². The first-order chi connectivity index (χ1) is 11.3. The zero-order valence-electron chi connectivity index (χ0n) is 13.5. The Bertz CT molecular complexity index is 672. The fourth-order valence-electron chi connectivity index (χ4n) is 2.86. The average Bonchev–Trinajstić information content (AvgIpc) is 3.07. The molecule has 0 spiro atoms. The van der Waals surface area contributed by atoms with E-state index in [2.05, 4.69) is 4.72 Å². The first kappa shape index (κ1) is 18.9. The Morgan fingerprint density at radius 3 is 2.88 bits per heavy atom. The quantitative estimate of drug-likeness (QED) is 0.753. The minimum atomic E-state index is -3.69. The van der Waals surface area contributed by atoms with Gasteiger partial charge in [0.1, 0.15) is 4.21 Å². The molecule has 1 aromatic rings. The van der Waals surface area contributed by atoms with Crippen molar-refractivity contribution >= 4 is 33.2 Å². The summed E-state index contributed by atoms with van der Waals surface area (Å²) in [6, 6.07) is 2.28. The topological polar surface area (TPSA) is 104 Å². The highest BCUT2D eigenvalue weighted by molar-refractivity contribution is 7.91. The summed E-state index contributed by atoms with van der Waals surface area (Å²) < 4.78 is 27.0. The molecule has 1 amide bonds. The lowest BCUT2D eigenvalue weighted by molar-refractivity contribution is -0.137. The molecule has 2 heterocycles. The van der Waals surface area contributed by atoms with Crippen LogP contribution in [0, 0.1) is 5.92 Å². The largest absolute Gasteiger partial charge is 0.481 e. The molecule has 0 saturated carbocycles. The molecule has 1 aromatic heterocycles. The first-order valence-electron chi connectivity index (χ1n) is 7.86. The zero-order chi connectivity index (χ0) is 17.7. The van der Waals surface area contributed by atoms with Crippen molar-refractivity contribution in [3.05, 3.63) is 17.5 Å². The van der Waals surface area contributed by atoms with Gasteiger partial charge in [-0.3, -0.25) is 9.59 Å². The summed E-state index contributed by atoms with van der Waals surface area (Å²) in [4.78, 5) is 24.8. The predicted molar refractivity (Wildman–Crippen MR) is 90.3 cm³/mol. The van der Waals surface area contributed by atoms with Crippen LogP contribution in [0.3, 0.4) is 0 Å². The number of piperidine rings is 1. The zero-order valence-corrected chi connectivity index (χ0v) is 15.1. The van der Waals surface area contributed by atoms with Gasteiger partial charge in [-0.1, -0.05) is 6.07 Å². The molecular weight excluding hydrogens is 352 g/mol. The van der Waals surface area contributed by atoms with Gasteiger partial charge in [0.25, 0.3) is 10.0 Å². The molecular formula is C15H22N2O5S2. The van der Waals surface area contributed by atoms with Crippen molar-refractivity contribution in [1.29, 1.82) is 0 Å². The second-order valence-electron chi connectivity index (χ2n) is 6.00. The van der Waals surface area contributed by atoms with E-state index in [0.29, 0.717) is 19.5 Å². The number of aliphatic carboxylic acids is 1. The van der Waals surface area contributed by atoms with Crippen molar-refractivity contribution in [2.45, 2.75) is 42.9 Å². The van der Waals surface area contributed by atoms with Gasteiger partial charge in [0.05, 0.1) is 6.04 Å². The second-order valence-corrected chi connectivity index (χ2v) is 8.89. The molecule has 1 aliphatic heterocycles. The van der Waals surface area contributed by atoms with Crippen LogP contribution in [0.15, 0.2) is 21.7 Å². The predicted octanol–water partition coefficient (Wildman–Crippen LogP) is 1.52. The number of carboxylic acids is 1. The molecule has 0 aromatic carbocycles. The summed E-state index contributed by atoms with van der Waals surface area (Å²) in [5, 5.41) is 10.4. The highest BCUT2D eigenvalue weighted by atomic mass is 32.2. The van der Waals surface area contributed by atoms with Gasteiger partial charge in [0.15, 0.2) is 0 Å². The number of nitrogens with one attached hydrogen (secondary N) is 1. The maximum atomic E-state index is 12.5. The summed E-state index contributed by atoms with van der Waals surface area (Å²) in [5.41, 5.74) is 0. The highest BCUT2D eigenvalue weighted by Crippen LogP contribution is 2.22. The molecule has 1 saturated heterocycles. The Balaban J connectivity index is 1.93. The average molecular weight is 374 g/mol. The summed E-state index contributed by atoms with van der Waals surface area (Å²) in [7, 11) is -3.69. The molecule has 1 aliphatic rings. The van der Waals surface area contributed by atoms with Crippen molar-refractivity contribution in [1.82, 2.24) is 9.62 Å². The van der Waals surface area contributed by atoms with Crippen LogP contribution in [0.2, 0.25) is 0 Å². The number of amides is 1. The van der Waals surface area contributed by atoms with E-state index in [1.54, 1.807) is 16.3 Å². The Kier molecular flexibility index (Phi) is 6.36. The number of thiophene rings is 1. The van der Waals surface area contributed by atoms with Gasteiger partial charge >= 0.3 is 5.97 Å². The van der Waals surface area contributed by atoms with Crippen molar-refractivity contribution in [2.75, 3.05) is 13.1 Å². The monoisotopic (exact) mass is 374 g/mol. The van der Waals surface area contributed by atoms with Crippen LogP contribution < -0.4 is 4.72 Å². The Hall–Kier alpha value is -1.45. The third-order valence-corrected chi connectivity index (χ3v) is 7.00. The number of hydrogen-bond acceptors (Lipinski definition) is 5. The maximum absolute atomic E-state index is 12.5. The molecule has 0 aliphatic carbocycles. The molecule has 2 unspecified atom stereocenters. The molecule has 134 valence electrons. The number of sulfonamides is 1. The molecule has 24 heavy (non-hydrogen) atoms. The Morgan fingerprint density at radius 2 is 2.25 bits per heavy atom. The number of carbonyl (C=O) groups is 2. The van der Waals surface area contributed by atoms with E-state index in [1.165, 1.54) is 13.0 Å². The number of carboxylic acid groups (broad SMARTS) is 1. The summed E-state index contributed by atoms with van der Waals surface area (Å²) in [5.74, 6) is -0.953. The molecule has 0 radical (unpaired) electrons. The normalized spacial score (nSPS) is 19.9. The fraction of sp³-hybridized carbons (Fsp3) is 0.600. The van der Waals surface area contributed by atoms with Crippen LogP contribution >= 0.6 is 11.3 Å². The van der Waals surface area contributed by atoms with E-state index in [-0.39, 0.29) is 22.5 Å². The van der Waals surface area contributed by atoms with E-state index in [9.17, 15) is 18.0 Å². The van der Waals surface area contributed by atoms with Crippen molar-refractivity contribution < 1.29 is 23.1 Å². The summed E-state index contributed by atoms with van der Waals surface area (Å²) in [6.45, 7) is 2.60. The van der Waals surface area contributed by atoms with Crippen LogP contribution in [-0.2, 0) is 19.6 Å². The summed E-state index contributed by atoms with van der Waals surface area (Å²) in [6.07, 6.45) is 2.33. The second kappa shape index (κ2) is 8.09. The summed E-state index contributed by atoms with van der Waals surface area (Å²) >= 11 is 1.10. The lowest BCUT2D eigenvalue weighted by Crippen LogP contribution is -2.49. The fourth-order valence-corrected chi connectivity index (χ4v) is 5.07. The van der Waals surface area contributed by atoms with Gasteiger partial charge in [0.2, 0.25) is 5.91 Å². The lowest BCUT2D eigenvalue weighted by Gasteiger charge is -2.34. The Labute approximate surface area is 145 Å². The lowest BCUT2D eigenvalue weighted by atomic mass is 9.93. The third kappa shape index (κ3) is 5.02. The number of nitrogens with zero attached hydrogens (tertiary/aromatic N) is 1. The van der Waals surface area contributed by atoms with Crippen LogP contribution in [0.25, 0.3) is 0 Å². The van der Waals surface area contributed by atoms with Gasteiger partial charge in [-0.05, 0) is 43.6 Å². The van der Waals surface area contributed by atoms with Crippen molar-refractivity contribution in [2.24, 2.45) is 5.92 Å². The highest BCUT2D eigenvalue weighted by Gasteiger charge is 2.29. The molecule has 7 nitrogen and oxygen atoms in total. The first-order valence-corrected chi connectivity index (χ1v) is 10.2. The van der Waals surface area contributed by atoms with Crippen LogP contribution in [0.1, 0.15) is 32.6 Å². The maximum Gasteiger partial charge on any atom is 0.303 e. The van der Waals surface area contributed by atoms with E-state index in [0.717, 1.165) is 24.2 Å². The minimum absolute atomic E-state index is 0.0905. The minimum Gasteiger partial charge on any atom is -0.481 e.